The zero-order valence-corrected chi connectivity index (χ0v) is 18.6. The average Bonchev–Trinajstić information content (AvgIpc) is 2.96. The average molecular weight is 418 g/mol. The van der Waals surface area contributed by atoms with E-state index in [4.69, 9.17) is 11.6 Å². The Morgan fingerprint density at radius 1 is 1.03 bits per heavy atom. The number of amides is 1. The number of hydrogen-bond donors (Lipinski definition) is 1. The molecule has 1 amide bonds. The molecule has 1 aromatic heterocycles. The summed E-state index contributed by atoms with van der Waals surface area (Å²) in [6, 6.07) is 15.5. The van der Waals surface area contributed by atoms with Crippen LogP contribution in [0.2, 0.25) is 5.02 Å². The van der Waals surface area contributed by atoms with E-state index in [1.165, 1.54) is 11.1 Å². The second-order valence-corrected chi connectivity index (χ2v) is 7.90. The maximum atomic E-state index is 12.7. The number of carbonyl (C=O) groups excluding carboxylic acids is 1. The molecule has 0 spiro atoms. The van der Waals surface area contributed by atoms with Crippen LogP contribution in [0.15, 0.2) is 48.0 Å². The molecule has 2 aromatic carbocycles. The van der Waals surface area contributed by atoms with Crippen molar-refractivity contribution in [2.45, 2.75) is 34.6 Å². The quantitative estimate of drug-likeness (QED) is 0.404. The molecule has 0 unspecified atom stereocenters. The van der Waals surface area contributed by atoms with Gasteiger partial charge in [0.2, 0.25) is 0 Å². The number of aryl methyl sites for hydroxylation is 4. The molecule has 1 heterocycles. The smallest absolute Gasteiger partial charge is 0.266 e. The number of hydrogen-bond acceptors (Lipinski definition) is 2. The minimum absolute atomic E-state index is 0.0356. The van der Waals surface area contributed by atoms with Crippen LogP contribution in [0.4, 0.5) is 5.69 Å². The summed E-state index contributed by atoms with van der Waals surface area (Å²) in [6.45, 7) is 10.1. The van der Waals surface area contributed by atoms with Crippen LogP contribution in [0.25, 0.3) is 11.8 Å². The Labute approximate surface area is 182 Å². The number of halogens is 1. The number of carbonyl (C=O) groups is 1. The van der Waals surface area contributed by atoms with E-state index in [2.05, 4.69) is 35.9 Å². The van der Waals surface area contributed by atoms with Gasteiger partial charge < -0.3 is 9.88 Å². The van der Waals surface area contributed by atoms with E-state index in [0.29, 0.717) is 10.7 Å². The lowest BCUT2D eigenvalue weighted by Crippen LogP contribution is -2.13. The first-order valence-electron chi connectivity index (χ1n) is 9.67. The predicted molar refractivity (Wildman–Crippen MR) is 123 cm³/mol. The van der Waals surface area contributed by atoms with Gasteiger partial charge >= 0.3 is 0 Å². The first-order chi connectivity index (χ1) is 14.2. The Hall–Kier alpha value is -3.29. The lowest BCUT2D eigenvalue weighted by atomic mass is 10.1. The Balaban J connectivity index is 1.98. The summed E-state index contributed by atoms with van der Waals surface area (Å²) in [7, 11) is 0. The summed E-state index contributed by atoms with van der Waals surface area (Å²) in [5.41, 5.74) is 7.83. The van der Waals surface area contributed by atoms with Gasteiger partial charge in [-0.15, -0.1) is 0 Å². The first kappa shape index (κ1) is 21.4. The van der Waals surface area contributed by atoms with Gasteiger partial charge in [0, 0.05) is 22.1 Å². The maximum Gasteiger partial charge on any atom is 0.266 e. The van der Waals surface area contributed by atoms with Gasteiger partial charge in [-0.1, -0.05) is 35.9 Å². The highest BCUT2D eigenvalue weighted by molar-refractivity contribution is 6.31. The van der Waals surface area contributed by atoms with Crippen LogP contribution in [0, 0.1) is 45.9 Å². The molecule has 0 fully saturated rings. The number of para-hydroxylation sites is 1. The molecular formula is C25H24ClN3O. The molecule has 3 rings (SSSR count). The van der Waals surface area contributed by atoms with Crippen molar-refractivity contribution in [1.82, 2.24) is 4.57 Å². The summed E-state index contributed by atoms with van der Waals surface area (Å²) in [5, 5.41) is 12.9. The van der Waals surface area contributed by atoms with E-state index in [1.54, 1.807) is 18.2 Å². The lowest BCUT2D eigenvalue weighted by Gasteiger charge is -2.15. The van der Waals surface area contributed by atoms with Crippen molar-refractivity contribution in [2.75, 3.05) is 5.32 Å². The van der Waals surface area contributed by atoms with Crippen molar-refractivity contribution in [3.63, 3.8) is 0 Å². The summed E-state index contributed by atoms with van der Waals surface area (Å²) in [6.07, 6.45) is 1.64. The Morgan fingerprint density at radius 3 is 2.30 bits per heavy atom. The molecular weight excluding hydrogens is 394 g/mol. The normalized spacial score (nSPS) is 11.3. The largest absolute Gasteiger partial charge is 0.321 e. The summed E-state index contributed by atoms with van der Waals surface area (Å²) in [5.74, 6) is -0.464. The van der Waals surface area contributed by atoms with Crippen molar-refractivity contribution in [3.05, 3.63) is 86.7 Å². The maximum absolute atomic E-state index is 12.7. The number of nitriles is 1. The van der Waals surface area contributed by atoms with Crippen LogP contribution in [0.1, 0.15) is 33.6 Å². The van der Waals surface area contributed by atoms with Gasteiger partial charge in [-0.25, -0.2) is 0 Å². The molecule has 0 aliphatic heterocycles. The fourth-order valence-electron chi connectivity index (χ4n) is 3.61. The highest BCUT2D eigenvalue weighted by atomic mass is 35.5. The minimum atomic E-state index is -0.464. The van der Waals surface area contributed by atoms with Gasteiger partial charge in [0.05, 0.1) is 5.69 Å². The number of rotatable bonds is 4. The van der Waals surface area contributed by atoms with E-state index in [-0.39, 0.29) is 5.57 Å². The molecule has 30 heavy (non-hydrogen) atoms. The molecule has 152 valence electrons. The Bertz CT molecular complexity index is 1190. The van der Waals surface area contributed by atoms with E-state index in [9.17, 15) is 10.1 Å². The topological polar surface area (TPSA) is 57.8 Å². The summed E-state index contributed by atoms with van der Waals surface area (Å²) < 4.78 is 2.17. The predicted octanol–water partition coefficient (Wildman–Crippen LogP) is 6.22. The highest BCUT2D eigenvalue weighted by Crippen LogP contribution is 2.27. The molecule has 0 bridgehead atoms. The molecule has 1 N–H and O–H groups in total. The molecule has 0 atom stereocenters. The standard InChI is InChI=1S/C25H24ClN3O/c1-15-9-10-22(13-23(15)26)28-25(30)21(14-27)12-20-11-18(4)29(19(20)5)24-16(2)7-6-8-17(24)3/h6-13H,1-5H3,(H,28,30)/b21-12-. The molecule has 4 nitrogen and oxygen atoms in total. The molecule has 0 aliphatic rings. The number of nitrogens with zero attached hydrogens (tertiary/aromatic N) is 2. The zero-order valence-electron chi connectivity index (χ0n) is 17.8. The van der Waals surface area contributed by atoms with E-state index in [1.807, 2.05) is 45.0 Å². The van der Waals surface area contributed by atoms with E-state index >= 15 is 0 Å². The van der Waals surface area contributed by atoms with Crippen LogP contribution >= 0.6 is 11.6 Å². The number of nitrogens with one attached hydrogen (secondary N) is 1. The number of anilines is 1. The van der Waals surface area contributed by atoms with Crippen LogP contribution in [0.3, 0.4) is 0 Å². The van der Waals surface area contributed by atoms with Crippen molar-refractivity contribution in [2.24, 2.45) is 0 Å². The Morgan fingerprint density at radius 2 is 1.70 bits per heavy atom. The summed E-state index contributed by atoms with van der Waals surface area (Å²) >= 11 is 6.13. The Kier molecular flexibility index (Phi) is 6.14. The first-order valence-corrected chi connectivity index (χ1v) is 10.1. The minimum Gasteiger partial charge on any atom is -0.321 e. The second kappa shape index (κ2) is 8.61. The molecule has 0 aliphatic carbocycles. The SMILES string of the molecule is Cc1ccc(NC(=O)/C(C#N)=C\c2cc(C)n(-c3c(C)cccc3C)c2C)cc1Cl. The van der Waals surface area contributed by atoms with E-state index in [0.717, 1.165) is 28.2 Å². The third-order valence-corrected chi connectivity index (χ3v) is 5.64. The second-order valence-electron chi connectivity index (χ2n) is 7.49. The molecule has 5 heteroatoms. The highest BCUT2D eigenvalue weighted by Gasteiger charge is 2.16. The van der Waals surface area contributed by atoms with Crippen molar-refractivity contribution in [3.8, 4) is 11.8 Å². The molecule has 0 saturated heterocycles. The van der Waals surface area contributed by atoms with Gasteiger partial charge in [-0.3, -0.25) is 4.79 Å². The third kappa shape index (κ3) is 4.17. The summed E-state index contributed by atoms with van der Waals surface area (Å²) in [4.78, 5) is 12.7. The van der Waals surface area contributed by atoms with Gasteiger partial charge in [-0.2, -0.15) is 5.26 Å². The lowest BCUT2D eigenvalue weighted by molar-refractivity contribution is -0.112. The van der Waals surface area contributed by atoms with Crippen molar-refractivity contribution >= 4 is 29.3 Å². The molecule has 0 radical (unpaired) electrons. The third-order valence-electron chi connectivity index (χ3n) is 5.23. The van der Waals surface area contributed by atoms with Crippen LogP contribution < -0.4 is 5.32 Å². The molecule has 3 aromatic rings. The fourth-order valence-corrected chi connectivity index (χ4v) is 3.79. The van der Waals surface area contributed by atoms with E-state index < -0.39 is 5.91 Å². The monoisotopic (exact) mass is 417 g/mol. The fraction of sp³-hybridized carbons (Fsp3) is 0.200. The van der Waals surface area contributed by atoms with Crippen LogP contribution in [-0.2, 0) is 4.79 Å². The van der Waals surface area contributed by atoms with Crippen molar-refractivity contribution < 1.29 is 4.79 Å². The van der Waals surface area contributed by atoms with Crippen LogP contribution in [0.5, 0.6) is 0 Å². The van der Waals surface area contributed by atoms with Gasteiger partial charge in [0.25, 0.3) is 5.91 Å². The van der Waals surface area contributed by atoms with Gasteiger partial charge in [0.1, 0.15) is 11.6 Å². The number of benzene rings is 2. The van der Waals surface area contributed by atoms with Crippen LogP contribution in [-0.4, -0.2) is 10.5 Å². The zero-order chi connectivity index (χ0) is 22.0. The van der Waals surface area contributed by atoms with Gasteiger partial charge in [0.15, 0.2) is 0 Å². The van der Waals surface area contributed by atoms with Gasteiger partial charge in [-0.05, 0) is 81.1 Å². The number of aromatic nitrogens is 1. The van der Waals surface area contributed by atoms with Crippen molar-refractivity contribution in [1.29, 1.82) is 5.26 Å². The molecule has 0 saturated carbocycles.